The summed E-state index contributed by atoms with van der Waals surface area (Å²) in [6.45, 7) is -0.623. The molecule has 3 rings (SSSR count). The number of thioether (sulfide) groups is 1. The zero-order valence-electron chi connectivity index (χ0n) is 16.2. The first-order valence-electron chi connectivity index (χ1n) is 9.48. The summed E-state index contributed by atoms with van der Waals surface area (Å²) in [5.41, 5.74) is 1.94. The van der Waals surface area contributed by atoms with E-state index in [-0.39, 0.29) is 18.1 Å². The molecule has 0 unspecified atom stereocenters. The van der Waals surface area contributed by atoms with Gasteiger partial charge in [-0.2, -0.15) is 0 Å². The second-order valence-corrected chi connectivity index (χ2v) is 7.69. The minimum atomic E-state index is -0.499. The predicted octanol–water partition coefficient (Wildman–Crippen LogP) is 3.00. The highest BCUT2D eigenvalue weighted by Crippen LogP contribution is 2.30. The van der Waals surface area contributed by atoms with E-state index in [0.717, 1.165) is 27.8 Å². The summed E-state index contributed by atoms with van der Waals surface area (Å²) in [6.07, 6.45) is 5.56. The topological polar surface area (TPSA) is 86.7 Å². The fourth-order valence-corrected chi connectivity index (χ4v) is 3.73. The van der Waals surface area contributed by atoms with Gasteiger partial charge < -0.3 is 10.4 Å². The number of carbonyl (C=O) groups excluding carboxylic acids is 3. The van der Waals surface area contributed by atoms with Crippen LogP contribution in [0.2, 0.25) is 0 Å². The van der Waals surface area contributed by atoms with Gasteiger partial charge in [-0.3, -0.25) is 19.3 Å². The van der Waals surface area contributed by atoms with E-state index in [9.17, 15) is 19.5 Å². The number of rotatable bonds is 8. The molecule has 1 atom stereocenters. The van der Waals surface area contributed by atoms with Gasteiger partial charge in [0.2, 0.25) is 5.91 Å². The zero-order valence-corrected chi connectivity index (χ0v) is 17.0. The lowest BCUT2D eigenvalue weighted by Crippen LogP contribution is -2.45. The summed E-state index contributed by atoms with van der Waals surface area (Å²) in [6, 6.07) is 18.5. The summed E-state index contributed by atoms with van der Waals surface area (Å²) < 4.78 is 0. The van der Waals surface area contributed by atoms with Crippen LogP contribution < -0.4 is 5.32 Å². The maximum atomic E-state index is 12.5. The summed E-state index contributed by atoms with van der Waals surface area (Å²) in [7, 11) is 0. The van der Waals surface area contributed by atoms with E-state index in [1.165, 1.54) is 0 Å². The molecule has 7 heteroatoms. The van der Waals surface area contributed by atoms with Crippen LogP contribution in [-0.2, 0) is 16.0 Å². The molecule has 1 aliphatic rings. The highest BCUT2D eigenvalue weighted by Gasteiger charge is 2.36. The number of allylic oxidation sites excluding steroid dienone is 2. The van der Waals surface area contributed by atoms with Crippen LogP contribution in [0.25, 0.3) is 6.08 Å². The summed E-state index contributed by atoms with van der Waals surface area (Å²) in [5, 5.41) is 11.7. The Hall–Kier alpha value is -3.16. The molecule has 6 nitrogen and oxygen atoms in total. The second-order valence-electron chi connectivity index (χ2n) is 6.70. The first kappa shape index (κ1) is 21.5. The van der Waals surface area contributed by atoms with Gasteiger partial charge in [0, 0.05) is 0 Å². The Morgan fingerprint density at radius 3 is 2.40 bits per heavy atom. The van der Waals surface area contributed by atoms with Crippen molar-refractivity contribution in [3.05, 3.63) is 88.8 Å². The van der Waals surface area contributed by atoms with Crippen molar-refractivity contribution < 1.29 is 19.5 Å². The average molecular weight is 423 g/mol. The Kier molecular flexibility index (Phi) is 7.59. The molecule has 1 aliphatic heterocycles. The van der Waals surface area contributed by atoms with E-state index in [2.05, 4.69) is 5.32 Å². The molecule has 2 aromatic carbocycles. The fourth-order valence-electron chi connectivity index (χ4n) is 2.94. The maximum Gasteiger partial charge on any atom is 0.294 e. The van der Waals surface area contributed by atoms with Gasteiger partial charge >= 0.3 is 0 Å². The van der Waals surface area contributed by atoms with Gasteiger partial charge in [0.05, 0.1) is 17.6 Å². The number of hydrogen-bond acceptors (Lipinski definition) is 5. The van der Waals surface area contributed by atoms with E-state index in [4.69, 9.17) is 0 Å². The Labute approximate surface area is 179 Å². The Balaban J connectivity index is 1.57. The van der Waals surface area contributed by atoms with Crippen LogP contribution in [0.15, 0.2) is 77.7 Å². The number of amides is 3. The van der Waals surface area contributed by atoms with Crippen LogP contribution in [0.1, 0.15) is 11.1 Å². The van der Waals surface area contributed by atoms with Crippen LogP contribution in [0.5, 0.6) is 0 Å². The lowest BCUT2D eigenvalue weighted by atomic mass is 10.1. The highest BCUT2D eigenvalue weighted by atomic mass is 32.2. The van der Waals surface area contributed by atoms with E-state index in [1.54, 1.807) is 12.2 Å². The van der Waals surface area contributed by atoms with E-state index >= 15 is 0 Å². The number of hydrogen-bond donors (Lipinski definition) is 2. The molecule has 1 saturated heterocycles. The van der Waals surface area contributed by atoms with Crippen molar-refractivity contribution in [1.82, 2.24) is 10.2 Å². The smallest absolute Gasteiger partial charge is 0.294 e. The highest BCUT2D eigenvalue weighted by molar-refractivity contribution is 8.18. The number of imide groups is 1. The number of benzene rings is 2. The predicted molar refractivity (Wildman–Crippen MR) is 117 cm³/mol. The number of nitrogens with one attached hydrogen (secondary N) is 1. The lowest BCUT2D eigenvalue weighted by molar-refractivity contribution is -0.129. The molecule has 0 radical (unpaired) electrons. The molecule has 1 fully saturated rings. The minimum absolute atomic E-state index is 0.243. The molecule has 30 heavy (non-hydrogen) atoms. The number of nitrogens with zero attached hydrogens (tertiary/aromatic N) is 1. The summed E-state index contributed by atoms with van der Waals surface area (Å²) >= 11 is 0.804. The van der Waals surface area contributed by atoms with Crippen molar-refractivity contribution in [2.24, 2.45) is 0 Å². The van der Waals surface area contributed by atoms with Gasteiger partial charge in [0.25, 0.3) is 11.1 Å². The Bertz CT molecular complexity index is 958. The van der Waals surface area contributed by atoms with Crippen molar-refractivity contribution in [2.45, 2.75) is 12.5 Å². The third-order valence-electron chi connectivity index (χ3n) is 4.42. The van der Waals surface area contributed by atoms with Crippen molar-refractivity contribution in [1.29, 1.82) is 0 Å². The third kappa shape index (κ3) is 5.92. The van der Waals surface area contributed by atoms with Crippen LogP contribution in [-0.4, -0.2) is 46.3 Å². The van der Waals surface area contributed by atoms with Crippen molar-refractivity contribution in [2.75, 3.05) is 13.2 Å². The van der Waals surface area contributed by atoms with Crippen LogP contribution in [0.3, 0.4) is 0 Å². The molecule has 1 heterocycles. The standard InChI is InChI=1S/C23H22N2O4S/c26-16-19(14-18-10-5-2-6-11-18)24-21(27)15-25-22(28)20(30-23(25)29)13-7-12-17-8-3-1-4-9-17/h1-13,19,26H,14-16H2,(H,24,27)/b12-7+,20-13+/t19-/m1/s1. The van der Waals surface area contributed by atoms with E-state index < -0.39 is 23.1 Å². The molecular formula is C23H22N2O4S. The van der Waals surface area contributed by atoms with Crippen LogP contribution >= 0.6 is 11.8 Å². The summed E-state index contributed by atoms with van der Waals surface area (Å²) in [4.78, 5) is 38.2. The van der Waals surface area contributed by atoms with Gasteiger partial charge in [0.15, 0.2) is 0 Å². The minimum Gasteiger partial charge on any atom is -0.394 e. The van der Waals surface area contributed by atoms with Gasteiger partial charge in [-0.15, -0.1) is 0 Å². The molecule has 2 N–H and O–H groups in total. The van der Waals surface area contributed by atoms with Gasteiger partial charge in [-0.25, -0.2) is 0 Å². The van der Waals surface area contributed by atoms with Gasteiger partial charge in [-0.05, 0) is 35.4 Å². The monoisotopic (exact) mass is 422 g/mol. The largest absolute Gasteiger partial charge is 0.394 e. The summed E-state index contributed by atoms with van der Waals surface area (Å²) in [5.74, 6) is -0.991. The van der Waals surface area contributed by atoms with Crippen molar-refractivity contribution in [3.8, 4) is 0 Å². The van der Waals surface area contributed by atoms with Crippen LogP contribution in [0, 0.1) is 0 Å². The molecule has 0 bridgehead atoms. The second kappa shape index (κ2) is 10.6. The lowest BCUT2D eigenvalue weighted by Gasteiger charge is -2.18. The van der Waals surface area contributed by atoms with Crippen molar-refractivity contribution >= 4 is 34.9 Å². The molecule has 0 spiro atoms. The van der Waals surface area contributed by atoms with E-state index in [0.29, 0.717) is 6.42 Å². The molecular weight excluding hydrogens is 400 g/mol. The molecule has 154 valence electrons. The maximum absolute atomic E-state index is 12.5. The zero-order chi connectivity index (χ0) is 21.3. The molecule has 0 aromatic heterocycles. The molecule has 0 saturated carbocycles. The normalized spacial score (nSPS) is 16.4. The molecule has 2 aromatic rings. The average Bonchev–Trinajstić information content (AvgIpc) is 3.02. The number of carbonyl (C=O) groups is 3. The Morgan fingerprint density at radius 2 is 1.73 bits per heavy atom. The molecule has 0 aliphatic carbocycles. The number of aliphatic hydroxyl groups is 1. The van der Waals surface area contributed by atoms with Gasteiger partial charge in [-0.1, -0.05) is 72.8 Å². The molecule has 3 amide bonds. The first-order chi connectivity index (χ1) is 14.6. The fraction of sp³-hybridized carbons (Fsp3) is 0.174. The first-order valence-corrected chi connectivity index (χ1v) is 10.3. The quantitative estimate of drug-likeness (QED) is 0.639. The number of aliphatic hydroxyl groups excluding tert-OH is 1. The van der Waals surface area contributed by atoms with Crippen LogP contribution in [0.4, 0.5) is 4.79 Å². The van der Waals surface area contributed by atoms with Crippen molar-refractivity contribution in [3.63, 3.8) is 0 Å². The SMILES string of the molecule is O=C(CN1C(=O)S/C(=C/C=C/c2ccccc2)C1=O)N[C@@H](CO)Cc1ccccc1. The van der Waals surface area contributed by atoms with E-state index in [1.807, 2.05) is 66.7 Å². The van der Waals surface area contributed by atoms with Gasteiger partial charge in [0.1, 0.15) is 6.54 Å². The third-order valence-corrected chi connectivity index (χ3v) is 5.35. The Morgan fingerprint density at radius 1 is 1.07 bits per heavy atom.